The van der Waals surface area contributed by atoms with Gasteiger partial charge in [-0.1, -0.05) is 0 Å². The lowest BCUT2D eigenvalue weighted by molar-refractivity contribution is -0.144. The Kier molecular flexibility index (Phi) is 12.1. The van der Waals surface area contributed by atoms with Crippen LogP contribution >= 0.6 is 11.8 Å². The maximum absolute atomic E-state index is 12.3. The molecule has 0 aromatic rings. The van der Waals surface area contributed by atoms with Crippen LogP contribution in [0.4, 0.5) is 0 Å². The minimum atomic E-state index is -1.66. The fourth-order valence-corrected chi connectivity index (χ4v) is 2.63. The lowest BCUT2D eigenvalue weighted by atomic mass is 10.1. The van der Waals surface area contributed by atoms with E-state index < -0.39 is 72.5 Å². The normalized spacial score (nSPS) is 14.5. The van der Waals surface area contributed by atoms with Gasteiger partial charge < -0.3 is 38.3 Å². The fourth-order valence-electron chi connectivity index (χ4n) is 2.14. The minimum absolute atomic E-state index is 0.393. The third-order valence-electron chi connectivity index (χ3n) is 3.78. The minimum Gasteiger partial charge on any atom is -0.480 e. The third kappa shape index (κ3) is 10.6. The number of carbonyl (C=O) groups excluding carboxylic acids is 5. The summed E-state index contributed by atoms with van der Waals surface area (Å²) in [5, 5.41) is 15.7. The van der Waals surface area contributed by atoms with Gasteiger partial charge in [-0.25, -0.2) is 4.79 Å². The van der Waals surface area contributed by atoms with Gasteiger partial charge in [-0.2, -0.15) is 11.8 Å². The van der Waals surface area contributed by atoms with E-state index >= 15 is 0 Å². The number of carboxylic acids is 1. The van der Waals surface area contributed by atoms with Crippen LogP contribution in [-0.2, 0) is 28.8 Å². The number of aliphatic carboxylic acids is 1. The standard InChI is InChI=1S/C16H28N6O7S/c1-7(20-14(26)8(17)3-4-30-2)13(25)21-9(5-11(18)23)15(27)22-10(16(28)29)6-12(19)24/h7-10H,3-6,17H2,1-2H3,(H2,18,23)(H2,19,24)(H,20,26)(H,21,25)(H,22,27)(H,28,29). The average molecular weight is 449 g/mol. The number of nitrogens with one attached hydrogen (secondary N) is 3. The molecule has 4 unspecified atom stereocenters. The van der Waals surface area contributed by atoms with E-state index in [1.54, 1.807) is 0 Å². The summed E-state index contributed by atoms with van der Waals surface area (Å²) in [6, 6.07) is -5.13. The van der Waals surface area contributed by atoms with Gasteiger partial charge in [0.15, 0.2) is 0 Å². The van der Waals surface area contributed by atoms with Crippen LogP contribution in [0, 0.1) is 0 Å². The summed E-state index contributed by atoms with van der Waals surface area (Å²) in [5.41, 5.74) is 15.7. The molecule has 0 spiro atoms. The molecular formula is C16H28N6O7S. The molecule has 0 saturated heterocycles. The fraction of sp³-hybridized carbons (Fsp3) is 0.625. The molecule has 0 bridgehead atoms. The van der Waals surface area contributed by atoms with E-state index in [4.69, 9.17) is 22.3 Å². The number of hydrogen-bond acceptors (Lipinski definition) is 8. The van der Waals surface area contributed by atoms with Crippen molar-refractivity contribution in [3.8, 4) is 0 Å². The zero-order chi connectivity index (χ0) is 23.4. The highest BCUT2D eigenvalue weighted by molar-refractivity contribution is 7.98. The number of nitrogens with two attached hydrogens (primary N) is 3. The molecule has 0 aliphatic heterocycles. The van der Waals surface area contributed by atoms with Crippen LogP contribution in [0.1, 0.15) is 26.2 Å². The maximum atomic E-state index is 12.3. The molecule has 170 valence electrons. The summed E-state index contributed by atoms with van der Waals surface area (Å²) in [6.45, 7) is 1.33. The molecule has 0 fully saturated rings. The van der Waals surface area contributed by atoms with Gasteiger partial charge in [0.25, 0.3) is 0 Å². The SMILES string of the molecule is CSCCC(N)C(=O)NC(C)C(=O)NC(CC(N)=O)C(=O)NC(CC(N)=O)C(=O)O. The molecule has 14 heteroatoms. The van der Waals surface area contributed by atoms with E-state index in [1.165, 1.54) is 18.7 Å². The smallest absolute Gasteiger partial charge is 0.326 e. The highest BCUT2D eigenvalue weighted by Gasteiger charge is 2.30. The van der Waals surface area contributed by atoms with Gasteiger partial charge in [-0.15, -0.1) is 0 Å². The first-order valence-corrected chi connectivity index (χ1v) is 10.2. The van der Waals surface area contributed by atoms with Gasteiger partial charge in [0.2, 0.25) is 29.5 Å². The Morgan fingerprint density at radius 3 is 1.83 bits per heavy atom. The van der Waals surface area contributed by atoms with Crippen LogP contribution < -0.4 is 33.2 Å². The lowest BCUT2D eigenvalue weighted by Gasteiger charge is -2.22. The van der Waals surface area contributed by atoms with Crippen molar-refractivity contribution in [3.05, 3.63) is 0 Å². The van der Waals surface area contributed by atoms with Crippen LogP contribution in [0.5, 0.6) is 0 Å². The third-order valence-corrected chi connectivity index (χ3v) is 4.42. The summed E-state index contributed by atoms with van der Waals surface area (Å²) in [5.74, 6) is -5.29. The molecule has 0 aromatic heterocycles. The predicted octanol–water partition coefficient (Wildman–Crippen LogP) is -3.62. The van der Waals surface area contributed by atoms with Crippen molar-refractivity contribution in [2.45, 2.75) is 50.4 Å². The number of thioether (sulfide) groups is 1. The Balaban J connectivity index is 5.09. The monoisotopic (exact) mass is 448 g/mol. The zero-order valence-corrected chi connectivity index (χ0v) is 17.5. The second-order valence-corrected chi connectivity index (χ2v) is 7.41. The van der Waals surface area contributed by atoms with Crippen LogP contribution in [0.3, 0.4) is 0 Å². The molecule has 0 aliphatic rings. The van der Waals surface area contributed by atoms with E-state index in [2.05, 4.69) is 10.6 Å². The number of amides is 5. The molecule has 13 nitrogen and oxygen atoms in total. The highest BCUT2D eigenvalue weighted by Crippen LogP contribution is 2.01. The van der Waals surface area contributed by atoms with Crippen LogP contribution in [0.25, 0.3) is 0 Å². The summed E-state index contributed by atoms with van der Waals surface area (Å²) in [4.78, 5) is 70.0. The zero-order valence-electron chi connectivity index (χ0n) is 16.7. The number of rotatable bonds is 14. The molecule has 0 aliphatic carbocycles. The molecule has 10 N–H and O–H groups in total. The van der Waals surface area contributed by atoms with Gasteiger partial charge in [0.05, 0.1) is 18.9 Å². The average Bonchev–Trinajstić information content (AvgIpc) is 2.63. The molecule has 0 radical (unpaired) electrons. The van der Waals surface area contributed by atoms with Gasteiger partial charge in [0.1, 0.15) is 18.1 Å². The van der Waals surface area contributed by atoms with Crippen LogP contribution in [0.2, 0.25) is 0 Å². The van der Waals surface area contributed by atoms with E-state index in [1.807, 2.05) is 11.6 Å². The molecule has 0 rings (SSSR count). The summed E-state index contributed by atoms with van der Waals surface area (Å²) < 4.78 is 0. The van der Waals surface area contributed by atoms with E-state index in [0.717, 1.165) is 0 Å². The van der Waals surface area contributed by atoms with Gasteiger partial charge in [-0.05, 0) is 25.4 Å². The number of carboxylic acid groups (broad SMARTS) is 1. The van der Waals surface area contributed by atoms with Crippen molar-refractivity contribution in [3.63, 3.8) is 0 Å². The van der Waals surface area contributed by atoms with Crippen molar-refractivity contribution >= 4 is 47.3 Å². The largest absolute Gasteiger partial charge is 0.480 e. The van der Waals surface area contributed by atoms with Gasteiger partial charge in [0, 0.05) is 0 Å². The lowest BCUT2D eigenvalue weighted by Crippen LogP contribution is -2.57. The topological polar surface area (TPSA) is 237 Å². The molecule has 0 saturated carbocycles. The number of carbonyl (C=O) groups is 6. The first-order valence-electron chi connectivity index (χ1n) is 8.84. The Labute approximate surface area is 177 Å². The Hall–Kier alpha value is -2.87. The Morgan fingerprint density at radius 2 is 1.37 bits per heavy atom. The summed E-state index contributed by atoms with van der Waals surface area (Å²) in [7, 11) is 0. The molecule has 4 atom stereocenters. The van der Waals surface area contributed by atoms with E-state index in [-0.39, 0.29) is 0 Å². The molecular weight excluding hydrogens is 420 g/mol. The molecule has 0 heterocycles. The van der Waals surface area contributed by atoms with Crippen LogP contribution in [-0.4, -0.2) is 76.8 Å². The molecule has 0 aromatic carbocycles. The predicted molar refractivity (Wildman–Crippen MR) is 108 cm³/mol. The van der Waals surface area contributed by atoms with Crippen molar-refractivity contribution in [2.75, 3.05) is 12.0 Å². The van der Waals surface area contributed by atoms with Crippen LogP contribution in [0.15, 0.2) is 0 Å². The first-order chi connectivity index (χ1) is 13.9. The van der Waals surface area contributed by atoms with Crippen molar-refractivity contribution in [1.29, 1.82) is 0 Å². The van der Waals surface area contributed by atoms with E-state index in [9.17, 15) is 28.8 Å². The molecule has 30 heavy (non-hydrogen) atoms. The van der Waals surface area contributed by atoms with E-state index in [0.29, 0.717) is 12.2 Å². The second-order valence-electron chi connectivity index (χ2n) is 6.42. The highest BCUT2D eigenvalue weighted by atomic mass is 32.2. The first kappa shape index (κ1) is 27.1. The Bertz CT molecular complexity index is 674. The number of hydrogen-bond donors (Lipinski definition) is 7. The van der Waals surface area contributed by atoms with Crippen molar-refractivity contribution in [2.24, 2.45) is 17.2 Å². The second kappa shape index (κ2) is 13.4. The van der Waals surface area contributed by atoms with Gasteiger partial charge >= 0.3 is 5.97 Å². The maximum Gasteiger partial charge on any atom is 0.326 e. The van der Waals surface area contributed by atoms with Crippen molar-refractivity contribution in [1.82, 2.24) is 16.0 Å². The summed E-state index contributed by atoms with van der Waals surface area (Å²) >= 11 is 1.50. The number of primary amides is 2. The Morgan fingerprint density at radius 1 is 0.867 bits per heavy atom. The van der Waals surface area contributed by atoms with Crippen molar-refractivity contribution < 1.29 is 33.9 Å². The summed E-state index contributed by atoms with van der Waals surface area (Å²) in [6.07, 6.45) is 0.903. The molecule has 5 amide bonds. The van der Waals surface area contributed by atoms with Gasteiger partial charge in [-0.3, -0.25) is 24.0 Å². The quantitative estimate of drug-likeness (QED) is 0.139.